The fourth-order valence-electron chi connectivity index (χ4n) is 2.06. The molecule has 0 radical (unpaired) electrons. The summed E-state index contributed by atoms with van der Waals surface area (Å²) >= 11 is 0. The highest BCUT2D eigenvalue weighted by atomic mass is 15.2. The highest BCUT2D eigenvalue weighted by Crippen LogP contribution is 2.24. The largest absolute Gasteiger partial charge is 0.370 e. The van der Waals surface area contributed by atoms with Crippen LogP contribution in [0, 0.1) is 6.92 Å². The van der Waals surface area contributed by atoms with E-state index in [1.807, 2.05) is 13.1 Å². The first-order valence-corrected chi connectivity index (χ1v) is 7.56. The van der Waals surface area contributed by atoms with Crippen LogP contribution in [-0.2, 0) is 6.42 Å². The normalized spacial score (nSPS) is 10.5. The van der Waals surface area contributed by atoms with Gasteiger partial charge in [0.15, 0.2) is 0 Å². The molecule has 0 aliphatic heterocycles. The Bertz CT molecular complexity index is 578. The molecule has 0 saturated carbocycles. The van der Waals surface area contributed by atoms with Crippen LogP contribution < -0.4 is 10.2 Å². The van der Waals surface area contributed by atoms with Crippen LogP contribution in [0.1, 0.15) is 31.7 Å². The molecule has 0 aliphatic rings. The summed E-state index contributed by atoms with van der Waals surface area (Å²) in [7, 11) is 2.04. The zero-order chi connectivity index (χ0) is 15.2. The maximum Gasteiger partial charge on any atom is 0.138 e. The second-order valence-electron chi connectivity index (χ2n) is 5.20. The Morgan fingerprint density at radius 3 is 2.43 bits per heavy atom. The third-order valence-corrected chi connectivity index (χ3v) is 3.40. The number of hydrogen-bond acceptors (Lipinski definition) is 4. The van der Waals surface area contributed by atoms with E-state index in [1.165, 1.54) is 5.56 Å². The monoisotopic (exact) mass is 284 g/mol. The molecule has 0 spiro atoms. The second-order valence-corrected chi connectivity index (χ2v) is 5.20. The number of hydrogen-bond donors (Lipinski definition) is 1. The third kappa shape index (κ3) is 3.94. The Labute approximate surface area is 127 Å². The van der Waals surface area contributed by atoms with Gasteiger partial charge in [-0.2, -0.15) is 0 Å². The highest BCUT2D eigenvalue weighted by Gasteiger charge is 2.09. The topological polar surface area (TPSA) is 41.0 Å². The summed E-state index contributed by atoms with van der Waals surface area (Å²) in [4.78, 5) is 11.3. The molecule has 1 aromatic heterocycles. The lowest BCUT2D eigenvalue weighted by atomic mass is 10.2. The molecule has 4 heteroatoms. The Morgan fingerprint density at radius 1 is 1.10 bits per heavy atom. The van der Waals surface area contributed by atoms with Crippen LogP contribution in [-0.4, -0.2) is 23.6 Å². The van der Waals surface area contributed by atoms with E-state index in [-0.39, 0.29) is 0 Å². The molecular weight excluding hydrogens is 260 g/mol. The molecule has 4 nitrogen and oxygen atoms in total. The summed E-state index contributed by atoms with van der Waals surface area (Å²) in [6.45, 7) is 7.24. The van der Waals surface area contributed by atoms with Gasteiger partial charge in [0.25, 0.3) is 0 Å². The molecule has 1 N–H and O–H groups in total. The third-order valence-electron chi connectivity index (χ3n) is 3.40. The molecular formula is C17H24N4. The molecule has 0 aliphatic carbocycles. The SMILES string of the molecule is CCCNc1cc(N(C)c2ccc(C)cc2)nc(CC)n1. The fraction of sp³-hybridized carbons (Fsp3) is 0.412. The van der Waals surface area contributed by atoms with Gasteiger partial charge in [-0.3, -0.25) is 0 Å². The van der Waals surface area contributed by atoms with Gasteiger partial charge in [0.1, 0.15) is 17.5 Å². The molecule has 2 rings (SSSR count). The lowest BCUT2D eigenvalue weighted by Gasteiger charge is -2.20. The van der Waals surface area contributed by atoms with Crippen LogP contribution in [0.2, 0.25) is 0 Å². The van der Waals surface area contributed by atoms with Gasteiger partial charge in [-0.25, -0.2) is 9.97 Å². The first kappa shape index (κ1) is 15.3. The second kappa shape index (κ2) is 7.07. The highest BCUT2D eigenvalue weighted by molar-refractivity contribution is 5.62. The number of benzene rings is 1. The van der Waals surface area contributed by atoms with Crippen LogP contribution in [0.5, 0.6) is 0 Å². The summed E-state index contributed by atoms with van der Waals surface area (Å²) in [5.41, 5.74) is 2.39. The van der Waals surface area contributed by atoms with E-state index in [0.29, 0.717) is 0 Å². The summed E-state index contributed by atoms with van der Waals surface area (Å²) < 4.78 is 0. The van der Waals surface area contributed by atoms with Gasteiger partial charge in [-0.15, -0.1) is 0 Å². The van der Waals surface area contributed by atoms with Crippen molar-refractivity contribution in [2.45, 2.75) is 33.6 Å². The van der Waals surface area contributed by atoms with Crippen molar-refractivity contribution < 1.29 is 0 Å². The molecule has 2 aromatic rings. The average molecular weight is 284 g/mol. The van der Waals surface area contributed by atoms with Gasteiger partial charge in [-0.05, 0) is 25.5 Å². The van der Waals surface area contributed by atoms with E-state index < -0.39 is 0 Å². The smallest absolute Gasteiger partial charge is 0.138 e. The van der Waals surface area contributed by atoms with Gasteiger partial charge in [0.2, 0.25) is 0 Å². The van der Waals surface area contributed by atoms with Crippen LogP contribution >= 0.6 is 0 Å². The number of nitrogens with zero attached hydrogens (tertiary/aromatic N) is 3. The molecule has 0 amide bonds. The number of nitrogens with one attached hydrogen (secondary N) is 1. The first-order valence-electron chi connectivity index (χ1n) is 7.56. The molecule has 21 heavy (non-hydrogen) atoms. The molecule has 112 valence electrons. The van der Waals surface area contributed by atoms with Gasteiger partial charge in [-0.1, -0.05) is 31.5 Å². The van der Waals surface area contributed by atoms with E-state index in [9.17, 15) is 0 Å². The Balaban J connectivity index is 2.30. The van der Waals surface area contributed by atoms with Crippen molar-refractivity contribution in [3.05, 3.63) is 41.7 Å². The fourth-order valence-corrected chi connectivity index (χ4v) is 2.06. The van der Waals surface area contributed by atoms with Crippen LogP contribution in [0.4, 0.5) is 17.3 Å². The summed E-state index contributed by atoms with van der Waals surface area (Å²) in [5.74, 6) is 2.69. The lowest BCUT2D eigenvalue weighted by Crippen LogP contribution is -2.14. The van der Waals surface area contributed by atoms with Crippen LogP contribution in [0.25, 0.3) is 0 Å². The van der Waals surface area contributed by atoms with Crippen molar-refractivity contribution in [3.63, 3.8) is 0 Å². The molecule has 0 unspecified atom stereocenters. The van der Waals surface area contributed by atoms with Crippen molar-refractivity contribution >= 4 is 17.3 Å². The standard InChI is InChI=1S/C17H24N4/c1-5-11-18-16-12-17(20-15(6-2)19-16)21(4)14-9-7-13(3)8-10-14/h7-10,12H,5-6,11H2,1-4H3,(H,18,19,20). The predicted octanol–water partition coefficient (Wildman–Crippen LogP) is 3.94. The molecule has 0 fully saturated rings. The minimum absolute atomic E-state index is 0.830. The predicted molar refractivity (Wildman–Crippen MR) is 89.4 cm³/mol. The van der Waals surface area contributed by atoms with Crippen molar-refractivity contribution in [2.75, 3.05) is 23.8 Å². The van der Waals surface area contributed by atoms with Gasteiger partial charge >= 0.3 is 0 Å². The molecule has 0 bridgehead atoms. The Hall–Kier alpha value is -2.10. The van der Waals surface area contributed by atoms with Gasteiger partial charge in [0.05, 0.1) is 0 Å². The molecule has 1 aromatic carbocycles. The zero-order valence-electron chi connectivity index (χ0n) is 13.3. The van der Waals surface area contributed by atoms with Crippen molar-refractivity contribution in [1.82, 2.24) is 9.97 Å². The average Bonchev–Trinajstić information content (AvgIpc) is 2.52. The minimum Gasteiger partial charge on any atom is -0.370 e. The number of aromatic nitrogens is 2. The molecule has 0 atom stereocenters. The zero-order valence-corrected chi connectivity index (χ0v) is 13.3. The molecule has 1 heterocycles. The van der Waals surface area contributed by atoms with E-state index in [1.54, 1.807) is 0 Å². The Kier molecular flexibility index (Phi) is 5.14. The van der Waals surface area contributed by atoms with E-state index in [4.69, 9.17) is 0 Å². The Morgan fingerprint density at radius 2 is 1.81 bits per heavy atom. The van der Waals surface area contributed by atoms with E-state index in [0.717, 1.165) is 42.5 Å². The summed E-state index contributed by atoms with van der Waals surface area (Å²) in [6, 6.07) is 10.5. The number of aryl methyl sites for hydroxylation is 2. The van der Waals surface area contributed by atoms with Crippen molar-refractivity contribution in [3.8, 4) is 0 Å². The van der Waals surface area contributed by atoms with Gasteiger partial charge in [0, 0.05) is 31.8 Å². The minimum atomic E-state index is 0.830. The van der Waals surface area contributed by atoms with E-state index in [2.05, 4.69) is 65.2 Å². The van der Waals surface area contributed by atoms with Crippen LogP contribution in [0.3, 0.4) is 0 Å². The quantitative estimate of drug-likeness (QED) is 0.872. The first-order chi connectivity index (χ1) is 10.1. The van der Waals surface area contributed by atoms with Crippen molar-refractivity contribution in [1.29, 1.82) is 0 Å². The molecule has 0 saturated heterocycles. The number of anilines is 3. The summed E-state index contributed by atoms with van der Waals surface area (Å²) in [5, 5.41) is 3.35. The summed E-state index contributed by atoms with van der Waals surface area (Å²) in [6.07, 6.45) is 1.91. The lowest BCUT2D eigenvalue weighted by molar-refractivity contribution is 0.908. The van der Waals surface area contributed by atoms with Gasteiger partial charge < -0.3 is 10.2 Å². The maximum absolute atomic E-state index is 4.63. The number of rotatable bonds is 6. The van der Waals surface area contributed by atoms with Crippen LogP contribution in [0.15, 0.2) is 30.3 Å². The van der Waals surface area contributed by atoms with Crippen molar-refractivity contribution in [2.24, 2.45) is 0 Å². The van der Waals surface area contributed by atoms with E-state index >= 15 is 0 Å². The maximum atomic E-state index is 4.63.